The Labute approximate surface area is 81.4 Å². The zero-order valence-electron chi connectivity index (χ0n) is 7.10. The van der Waals surface area contributed by atoms with Crippen molar-refractivity contribution in [3.05, 3.63) is 51.9 Å². The molecule has 0 spiro atoms. The van der Waals surface area contributed by atoms with Crippen molar-refractivity contribution in [1.29, 1.82) is 0 Å². The van der Waals surface area contributed by atoms with Gasteiger partial charge in [0, 0.05) is 16.7 Å². The molecule has 0 radical (unpaired) electrons. The van der Waals surface area contributed by atoms with Crippen LogP contribution in [0.1, 0.15) is 4.88 Å². The highest BCUT2D eigenvalue weighted by atomic mass is 32.1. The molecule has 1 nitrogen and oxygen atoms in total. The molecule has 13 heavy (non-hydrogen) atoms. The molecule has 0 saturated heterocycles. The van der Waals surface area contributed by atoms with E-state index in [0.717, 1.165) is 12.1 Å². The quantitative estimate of drug-likeness (QED) is 0.509. The van der Waals surface area contributed by atoms with E-state index in [1.54, 1.807) is 11.3 Å². The van der Waals surface area contributed by atoms with Gasteiger partial charge in [-0.3, -0.25) is 4.99 Å². The Morgan fingerprint density at radius 3 is 3.23 bits per heavy atom. The maximum atomic E-state index is 4.31. The predicted octanol–water partition coefficient (Wildman–Crippen LogP) is 2.97. The van der Waals surface area contributed by atoms with Crippen molar-refractivity contribution in [2.45, 2.75) is 6.54 Å². The first-order chi connectivity index (χ1) is 6.45. The van der Waals surface area contributed by atoms with Crippen molar-refractivity contribution in [3.63, 3.8) is 0 Å². The molecule has 0 atom stereocenters. The highest BCUT2D eigenvalue weighted by molar-refractivity contribution is 7.09. The van der Waals surface area contributed by atoms with E-state index < -0.39 is 0 Å². The van der Waals surface area contributed by atoms with Crippen molar-refractivity contribution < 1.29 is 0 Å². The van der Waals surface area contributed by atoms with Crippen LogP contribution in [0, 0.1) is 0 Å². The van der Waals surface area contributed by atoms with E-state index in [1.165, 1.54) is 4.88 Å². The van der Waals surface area contributed by atoms with Gasteiger partial charge in [-0.05, 0) is 23.6 Å². The zero-order chi connectivity index (χ0) is 8.93. The van der Waals surface area contributed by atoms with E-state index in [4.69, 9.17) is 0 Å². The lowest BCUT2D eigenvalue weighted by Crippen LogP contribution is -1.78. The molecule has 1 heterocycles. The molecule has 1 aromatic heterocycles. The lowest BCUT2D eigenvalue weighted by molar-refractivity contribution is 1.11. The standard InChI is InChI=1S/C11H9NS/c1-2-5-10(4-1)8-12-9-11-6-3-7-13-11/h1-4,6-8H,9H2. The molecule has 0 amide bonds. The van der Waals surface area contributed by atoms with Crippen LogP contribution in [0.5, 0.6) is 0 Å². The molecule has 0 N–H and O–H groups in total. The summed E-state index contributed by atoms with van der Waals surface area (Å²) < 4.78 is 0. The van der Waals surface area contributed by atoms with E-state index in [0.29, 0.717) is 0 Å². The number of nitrogens with zero attached hydrogens (tertiary/aromatic N) is 1. The number of thiophene rings is 1. The fourth-order valence-electron chi connectivity index (χ4n) is 1.06. The van der Waals surface area contributed by atoms with Crippen molar-refractivity contribution in [2.75, 3.05) is 0 Å². The number of allylic oxidation sites excluding steroid dienone is 3. The summed E-state index contributed by atoms with van der Waals surface area (Å²) in [5.41, 5.74) is 4.12. The van der Waals surface area contributed by atoms with Gasteiger partial charge in [0.1, 0.15) is 0 Å². The van der Waals surface area contributed by atoms with E-state index in [-0.39, 0.29) is 0 Å². The van der Waals surface area contributed by atoms with Gasteiger partial charge >= 0.3 is 0 Å². The average molecular weight is 187 g/mol. The fourth-order valence-corrected chi connectivity index (χ4v) is 1.70. The van der Waals surface area contributed by atoms with Gasteiger partial charge in [-0.1, -0.05) is 12.1 Å². The highest BCUT2D eigenvalue weighted by Gasteiger charge is 1.90. The maximum absolute atomic E-state index is 4.31. The van der Waals surface area contributed by atoms with Crippen LogP contribution in [-0.2, 0) is 6.54 Å². The third-order valence-electron chi connectivity index (χ3n) is 1.68. The second kappa shape index (κ2) is 4.04. The van der Waals surface area contributed by atoms with Crippen LogP contribution in [0.2, 0.25) is 0 Å². The summed E-state index contributed by atoms with van der Waals surface area (Å²) in [6.07, 6.45) is 7.72. The van der Waals surface area contributed by atoms with Crippen LogP contribution < -0.4 is 0 Å². The van der Waals surface area contributed by atoms with E-state index in [9.17, 15) is 0 Å². The van der Waals surface area contributed by atoms with E-state index in [2.05, 4.69) is 22.2 Å². The maximum Gasteiger partial charge on any atom is 0.0733 e. The minimum Gasteiger partial charge on any atom is -0.286 e. The molecule has 2 heteroatoms. The molecule has 0 saturated carbocycles. The smallest absolute Gasteiger partial charge is 0.0733 e. The van der Waals surface area contributed by atoms with Crippen molar-refractivity contribution in [2.24, 2.45) is 4.99 Å². The summed E-state index contributed by atoms with van der Waals surface area (Å²) in [6.45, 7) is 0.774. The number of hydrogen-bond acceptors (Lipinski definition) is 2. The predicted molar refractivity (Wildman–Crippen MR) is 57.3 cm³/mol. The molecule has 64 valence electrons. The average Bonchev–Trinajstić information content (AvgIpc) is 2.75. The SMILES string of the molecule is C1=CC=CC=1C=NCc1cccs1. The normalized spacial score (nSPS) is 14.3. The molecule has 1 aliphatic carbocycles. The molecule has 2 rings (SSSR count). The Morgan fingerprint density at radius 2 is 2.54 bits per heavy atom. The van der Waals surface area contributed by atoms with Gasteiger partial charge in [-0.2, -0.15) is 0 Å². The van der Waals surface area contributed by atoms with Gasteiger partial charge in [-0.25, -0.2) is 0 Å². The van der Waals surface area contributed by atoms with Gasteiger partial charge in [-0.15, -0.1) is 17.1 Å². The monoisotopic (exact) mass is 187 g/mol. The Balaban J connectivity index is 1.93. The Kier molecular flexibility index (Phi) is 2.56. The van der Waals surface area contributed by atoms with Crippen molar-refractivity contribution in [1.82, 2.24) is 0 Å². The largest absolute Gasteiger partial charge is 0.286 e. The minimum atomic E-state index is 0.774. The minimum absolute atomic E-state index is 0.774. The molecule has 0 unspecified atom stereocenters. The summed E-state index contributed by atoms with van der Waals surface area (Å²) >= 11 is 1.74. The second-order valence-electron chi connectivity index (χ2n) is 2.67. The summed E-state index contributed by atoms with van der Waals surface area (Å²) in [5.74, 6) is 0. The van der Waals surface area contributed by atoms with Crippen molar-refractivity contribution >= 4 is 17.6 Å². The topological polar surface area (TPSA) is 12.4 Å². The third-order valence-corrected chi connectivity index (χ3v) is 2.54. The van der Waals surface area contributed by atoms with Crippen LogP contribution in [0.3, 0.4) is 0 Å². The third kappa shape index (κ3) is 2.28. The first kappa shape index (κ1) is 8.24. The van der Waals surface area contributed by atoms with Crippen LogP contribution in [0.25, 0.3) is 0 Å². The van der Waals surface area contributed by atoms with Crippen LogP contribution >= 0.6 is 11.3 Å². The van der Waals surface area contributed by atoms with Crippen LogP contribution in [-0.4, -0.2) is 6.21 Å². The summed E-state index contributed by atoms with van der Waals surface area (Å²) in [6, 6.07) is 4.14. The van der Waals surface area contributed by atoms with Crippen LogP contribution in [0.15, 0.2) is 52.0 Å². The van der Waals surface area contributed by atoms with Crippen LogP contribution in [0.4, 0.5) is 0 Å². The van der Waals surface area contributed by atoms with Gasteiger partial charge in [0.25, 0.3) is 0 Å². The number of rotatable bonds is 3. The zero-order valence-corrected chi connectivity index (χ0v) is 7.92. The second-order valence-corrected chi connectivity index (χ2v) is 3.71. The number of hydrogen-bond donors (Lipinski definition) is 0. The summed E-state index contributed by atoms with van der Waals surface area (Å²) in [4.78, 5) is 5.60. The molecule has 0 aromatic carbocycles. The molecule has 0 aliphatic heterocycles. The van der Waals surface area contributed by atoms with Gasteiger partial charge < -0.3 is 0 Å². The van der Waals surface area contributed by atoms with Gasteiger partial charge in [0.2, 0.25) is 0 Å². The lowest BCUT2D eigenvalue weighted by atomic mass is 10.3. The molecule has 0 bridgehead atoms. The summed E-state index contributed by atoms with van der Waals surface area (Å²) in [5, 5.41) is 2.07. The fraction of sp³-hybridized carbons (Fsp3) is 0.0909. The highest BCUT2D eigenvalue weighted by Crippen LogP contribution is 2.09. The van der Waals surface area contributed by atoms with Gasteiger partial charge in [0.15, 0.2) is 0 Å². The molecular formula is C11H9NS. The molecular weight excluding hydrogens is 178 g/mol. The van der Waals surface area contributed by atoms with E-state index >= 15 is 0 Å². The first-order valence-electron chi connectivity index (χ1n) is 4.11. The molecule has 1 aromatic rings. The Hall–Kier alpha value is -1.37. The Bertz CT molecular complexity index is 390. The Morgan fingerprint density at radius 1 is 1.54 bits per heavy atom. The van der Waals surface area contributed by atoms with Gasteiger partial charge in [0.05, 0.1) is 6.54 Å². The summed E-state index contributed by atoms with van der Waals surface area (Å²) in [7, 11) is 0. The van der Waals surface area contributed by atoms with Crippen molar-refractivity contribution in [3.8, 4) is 0 Å². The first-order valence-corrected chi connectivity index (χ1v) is 4.99. The molecule has 1 aliphatic rings. The lowest BCUT2D eigenvalue weighted by Gasteiger charge is -1.87. The molecule has 0 fully saturated rings. The number of aliphatic imine (C=N–C) groups is 1. The van der Waals surface area contributed by atoms with E-state index in [1.807, 2.05) is 30.5 Å².